The zero-order valence-electron chi connectivity index (χ0n) is 11.2. The van der Waals surface area contributed by atoms with Gasteiger partial charge in [0.1, 0.15) is 0 Å². The van der Waals surface area contributed by atoms with Gasteiger partial charge in [-0.25, -0.2) is 0 Å². The Morgan fingerprint density at radius 2 is 2.17 bits per heavy atom. The van der Waals surface area contributed by atoms with Crippen LogP contribution in [0.25, 0.3) is 0 Å². The highest BCUT2D eigenvalue weighted by Crippen LogP contribution is 2.31. The molecule has 0 aliphatic heterocycles. The molecule has 2 fully saturated rings. The Balaban J connectivity index is 1.67. The summed E-state index contributed by atoms with van der Waals surface area (Å²) in [5.74, 6) is 0. The van der Waals surface area contributed by atoms with Gasteiger partial charge in [-0.1, -0.05) is 6.92 Å². The van der Waals surface area contributed by atoms with Gasteiger partial charge in [0.05, 0.1) is 5.69 Å². The van der Waals surface area contributed by atoms with Crippen LogP contribution in [-0.2, 0) is 6.54 Å². The largest absolute Gasteiger partial charge is 0.368 e. The highest BCUT2D eigenvalue weighted by Gasteiger charge is 2.28. The second-order valence-electron chi connectivity index (χ2n) is 5.59. The summed E-state index contributed by atoms with van der Waals surface area (Å²) in [5, 5.41) is 3.53. The van der Waals surface area contributed by atoms with Gasteiger partial charge in [0.25, 0.3) is 0 Å². The smallest absolute Gasteiger partial charge is 0.0562 e. The topological polar surface area (TPSA) is 28.2 Å². The molecule has 18 heavy (non-hydrogen) atoms. The molecule has 1 aromatic rings. The van der Waals surface area contributed by atoms with Crippen molar-refractivity contribution in [1.82, 2.24) is 10.3 Å². The molecule has 3 nitrogen and oxygen atoms in total. The molecule has 0 amide bonds. The van der Waals surface area contributed by atoms with Crippen LogP contribution in [0.1, 0.15) is 44.7 Å². The number of hydrogen-bond donors (Lipinski definition) is 1. The lowest BCUT2D eigenvalue weighted by Crippen LogP contribution is -2.26. The van der Waals surface area contributed by atoms with E-state index in [-0.39, 0.29) is 0 Å². The summed E-state index contributed by atoms with van der Waals surface area (Å²) in [6.45, 7) is 4.35. The van der Waals surface area contributed by atoms with Crippen LogP contribution in [0.2, 0.25) is 0 Å². The monoisotopic (exact) mass is 245 g/mol. The first-order valence-corrected chi connectivity index (χ1v) is 7.32. The van der Waals surface area contributed by atoms with Gasteiger partial charge in [-0.2, -0.15) is 0 Å². The van der Waals surface area contributed by atoms with E-state index in [9.17, 15) is 0 Å². The van der Waals surface area contributed by atoms with Gasteiger partial charge in [-0.15, -0.1) is 0 Å². The molecule has 0 bridgehead atoms. The molecule has 1 N–H and O–H groups in total. The normalized spacial score (nSPS) is 18.9. The fourth-order valence-electron chi connectivity index (χ4n) is 2.43. The van der Waals surface area contributed by atoms with Gasteiger partial charge in [0, 0.05) is 37.1 Å². The predicted octanol–water partition coefficient (Wildman–Crippen LogP) is 2.71. The standard InChI is InChI=1S/C15H23N3/c1-2-9-18(14-5-6-14)15-7-8-16-13(10-15)11-17-12-3-4-12/h7-8,10,12,14,17H,2-6,9,11H2,1H3. The molecule has 1 aromatic heterocycles. The molecule has 3 heteroatoms. The molecule has 0 unspecified atom stereocenters. The third-order valence-corrected chi connectivity index (χ3v) is 3.73. The van der Waals surface area contributed by atoms with E-state index in [4.69, 9.17) is 0 Å². The highest BCUT2D eigenvalue weighted by atomic mass is 15.2. The summed E-state index contributed by atoms with van der Waals surface area (Å²) in [6, 6.07) is 5.97. The third kappa shape index (κ3) is 3.02. The lowest BCUT2D eigenvalue weighted by atomic mass is 10.2. The van der Waals surface area contributed by atoms with Crippen LogP contribution >= 0.6 is 0 Å². The van der Waals surface area contributed by atoms with E-state index >= 15 is 0 Å². The molecule has 2 aliphatic rings. The van der Waals surface area contributed by atoms with E-state index in [2.05, 4.69) is 34.3 Å². The molecule has 0 saturated heterocycles. The number of aromatic nitrogens is 1. The second kappa shape index (κ2) is 5.27. The Labute approximate surface area is 110 Å². The Morgan fingerprint density at radius 3 is 2.83 bits per heavy atom. The van der Waals surface area contributed by atoms with E-state index in [1.54, 1.807) is 0 Å². The van der Waals surface area contributed by atoms with Crippen molar-refractivity contribution in [2.24, 2.45) is 0 Å². The maximum absolute atomic E-state index is 4.47. The van der Waals surface area contributed by atoms with Crippen molar-refractivity contribution in [2.75, 3.05) is 11.4 Å². The highest BCUT2D eigenvalue weighted by molar-refractivity contribution is 5.48. The van der Waals surface area contributed by atoms with Gasteiger partial charge in [-0.05, 0) is 44.2 Å². The molecule has 2 saturated carbocycles. The number of rotatable bonds is 7. The summed E-state index contributed by atoms with van der Waals surface area (Å²) in [4.78, 5) is 7.03. The van der Waals surface area contributed by atoms with E-state index in [0.717, 1.165) is 18.6 Å². The maximum atomic E-state index is 4.47. The molecule has 0 aromatic carbocycles. The first kappa shape index (κ1) is 12.0. The van der Waals surface area contributed by atoms with E-state index in [1.807, 2.05) is 6.20 Å². The summed E-state index contributed by atoms with van der Waals surface area (Å²) < 4.78 is 0. The Bertz CT molecular complexity index is 396. The van der Waals surface area contributed by atoms with Crippen LogP contribution in [0.4, 0.5) is 5.69 Å². The van der Waals surface area contributed by atoms with Gasteiger partial charge in [0.2, 0.25) is 0 Å². The van der Waals surface area contributed by atoms with Crippen molar-refractivity contribution in [3.63, 3.8) is 0 Å². The predicted molar refractivity (Wildman–Crippen MR) is 74.8 cm³/mol. The SMILES string of the molecule is CCCN(c1ccnc(CNC2CC2)c1)C1CC1. The van der Waals surface area contributed by atoms with Crippen molar-refractivity contribution >= 4 is 5.69 Å². The fraction of sp³-hybridized carbons (Fsp3) is 0.667. The van der Waals surface area contributed by atoms with Gasteiger partial charge < -0.3 is 10.2 Å². The number of anilines is 1. The lowest BCUT2D eigenvalue weighted by Gasteiger charge is -2.24. The first-order chi connectivity index (χ1) is 8.86. The minimum Gasteiger partial charge on any atom is -0.368 e. The van der Waals surface area contributed by atoms with Gasteiger partial charge in [0.15, 0.2) is 0 Å². The number of nitrogens with one attached hydrogen (secondary N) is 1. The van der Waals surface area contributed by atoms with E-state index in [1.165, 1.54) is 50.0 Å². The minimum absolute atomic E-state index is 0.755. The minimum atomic E-state index is 0.755. The molecule has 0 radical (unpaired) electrons. The van der Waals surface area contributed by atoms with Crippen LogP contribution in [0.5, 0.6) is 0 Å². The number of hydrogen-bond acceptors (Lipinski definition) is 3. The van der Waals surface area contributed by atoms with E-state index < -0.39 is 0 Å². The van der Waals surface area contributed by atoms with Crippen molar-refractivity contribution in [1.29, 1.82) is 0 Å². The van der Waals surface area contributed by atoms with Crippen LogP contribution in [0, 0.1) is 0 Å². The second-order valence-corrected chi connectivity index (χ2v) is 5.59. The summed E-state index contributed by atoms with van der Waals surface area (Å²) in [5.41, 5.74) is 2.54. The molecule has 1 heterocycles. The van der Waals surface area contributed by atoms with Crippen LogP contribution < -0.4 is 10.2 Å². The van der Waals surface area contributed by atoms with Crippen LogP contribution in [-0.4, -0.2) is 23.6 Å². The number of nitrogens with zero attached hydrogens (tertiary/aromatic N) is 2. The molecule has 0 spiro atoms. The third-order valence-electron chi connectivity index (χ3n) is 3.73. The fourth-order valence-corrected chi connectivity index (χ4v) is 2.43. The van der Waals surface area contributed by atoms with Gasteiger partial charge >= 0.3 is 0 Å². The first-order valence-electron chi connectivity index (χ1n) is 7.32. The average Bonchev–Trinajstić information content (AvgIpc) is 3.28. The maximum Gasteiger partial charge on any atom is 0.0562 e. The van der Waals surface area contributed by atoms with Crippen molar-refractivity contribution in [3.8, 4) is 0 Å². The Hall–Kier alpha value is -1.09. The van der Waals surface area contributed by atoms with E-state index in [0.29, 0.717) is 0 Å². The summed E-state index contributed by atoms with van der Waals surface area (Å²) in [7, 11) is 0. The van der Waals surface area contributed by atoms with Gasteiger partial charge in [-0.3, -0.25) is 4.98 Å². The summed E-state index contributed by atoms with van der Waals surface area (Å²) >= 11 is 0. The molecule has 2 aliphatic carbocycles. The number of pyridine rings is 1. The Morgan fingerprint density at radius 1 is 1.33 bits per heavy atom. The summed E-state index contributed by atoms with van der Waals surface area (Å²) in [6.07, 6.45) is 8.57. The van der Waals surface area contributed by atoms with Crippen molar-refractivity contribution in [3.05, 3.63) is 24.0 Å². The Kier molecular flexibility index (Phi) is 3.50. The molecular weight excluding hydrogens is 222 g/mol. The van der Waals surface area contributed by atoms with Crippen LogP contribution in [0.3, 0.4) is 0 Å². The molecule has 98 valence electrons. The van der Waals surface area contributed by atoms with Crippen molar-refractivity contribution in [2.45, 2.75) is 57.7 Å². The molecule has 3 rings (SSSR count). The molecule has 0 atom stereocenters. The zero-order chi connectivity index (χ0) is 12.4. The molecular formula is C15H23N3. The van der Waals surface area contributed by atoms with Crippen molar-refractivity contribution < 1.29 is 0 Å². The zero-order valence-corrected chi connectivity index (χ0v) is 11.2. The van der Waals surface area contributed by atoms with Crippen LogP contribution in [0.15, 0.2) is 18.3 Å². The quantitative estimate of drug-likeness (QED) is 0.800. The lowest BCUT2D eigenvalue weighted by molar-refractivity contribution is 0.673. The average molecular weight is 245 g/mol.